The number of ether oxygens (including phenoxy) is 1. The van der Waals surface area contributed by atoms with Crippen molar-refractivity contribution >= 4 is 12.0 Å². The van der Waals surface area contributed by atoms with Crippen LogP contribution >= 0.6 is 0 Å². The van der Waals surface area contributed by atoms with Crippen LogP contribution in [0.2, 0.25) is 0 Å². The lowest BCUT2D eigenvalue weighted by atomic mass is 10.1. The molecule has 5 nitrogen and oxygen atoms in total. The van der Waals surface area contributed by atoms with E-state index in [1.807, 2.05) is 24.3 Å². The number of carbonyl (C=O) groups is 1. The smallest absolute Gasteiger partial charge is 0.262 e. The first-order chi connectivity index (χ1) is 13.7. The van der Waals surface area contributed by atoms with Gasteiger partial charge in [0.05, 0.1) is 11.6 Å². The monoisotopic (exact) mass is 371 g/mol. The molecule has 0 bridgehead atoms. The molecule has 3 rings (SSSR count). The molecule has 0 spiro atoms. The summed E-state index contributed by atoms with van der Waals surface area (Å²) in [6.45, 7) is 0.298. The Hall–Kier alpha value is -3.57. The third-order valence-electron chi connectivity index (χ3n) is 4.78. The first kappa shape index (κ1) is 19.2. The van der Waals surface area contributed by atoms with E-state index in [1.165, 1.54) is 0 Å². The molecule has 0 radical (unpaired) electrons. The van der Waals surface area contributed by atoms with Gasteiger partial charge in [0.1, 0.15) is 24.0 Å². The van der Waals surface area contributed by atoms with E-state index in [0.29, 0.717) is 17.9 Å². The largest absolute Gasteiger partial charge is 0.489 e. The second-order valence-electron chi connectivity index (χ2n) is 6.75. The fraction of sp³-hybridized carbons (Fsp3) is 0.261. The fourth-order valence-electron chi connectivity index (χ4n) is 3.23. The van der Waals surface area contributed by atoms with Gasteiger partial charge in [0, 0.05) is 11.6 Å². The van der Waals surface area contributed by atoms with E-state index in [4.69, 9.17) is 10.00 Å². The van der Waals surface area contributed by atoms with Gasteiger partial charge in [-0.2, -0.15) is 10.5 Å². The number of hydrogen-bond acceptors (Lipinski definition) is 4. The Morgan fingerprint density at radius 1 is 1.11 bits per heavy atom. The van der Waals surface area contributed by atoms with Crippen LogP contribution in [0.5, 0.6) is 5.75 Å². The highest BCUT2D eigenvalue weighted by Crippen LogP contribution is 2.19. The van der Waals surface area contributed by atoms with E-state index >= 15 is 0 Å². The third-order valence-corrected chi connectivity index (χ3v) is 4.78. The number of hydrogen-bond donors (Lipinski definition) is 1. The Labute approximate surface area is 164 Å². The van der Waals surface area contributed by atoms with Gasteiger partial charge in [-0.15, -0.1) is 0 Å². The maximum atomic E-state index is 12.3. The lowest BCUT2D eigenvalue weighted by Gasteiger charge is -2.11. The number of nitrogens with one attached hydrogen (secondary N) is 1. The molecular weight excluding hydrogens is 350 g/mol. The highest BCUT2D eigenvalue weighted by atomic mass is 16.5. The fourth-order valence-corrected chi connectivity index (χ4v) is 3.23. The molecule has 28 heavy (non-hydrogen) atoms. The van der Waals surface area contributed by atoms with Gasteiger partial charge in [-0.1, -0.05) is 43.2 Å². The molecule has 0 heterocycles. The van der Waals surface area contributed by atoms with Gasteiger partial charge in [0.2, 0.25) is 0 Å². The van der Waals surface area contributed by atoms with Crippen molar-refractivity contribution < 1.29 is 9.53 Å². The predicted molar refractivity (Wildman–Crippen MR) is 106 cm³/mol. The number of rotatable bonds is 6. The third kappa shape index (κ3) is 4.99. The number of nitriles is 2. The normalized spacial score (nSPS) is 14.1. The van der Waals surface area contributed by atoms with Crippen LogP contribution in [0.15, 0.2) is 54.1 Å². The summed E-state index contributed by atoms with van der Waals surface area (Å²) in [5.41, 5.74) is 2.27. The minimum Gasteiger partial charge on any atom is -0.489 e. The van der Waals surface area contributed by atoms with Crippen LogP contribution < -0.4 is 10.1 Å². The SMILES string of the molecule is N#C/C(=C/c1ccc(OCc2ccccc2C#N)cc1)C(=O)NC1CCCC1. The van der Waals surface area contributed by atoms with E-state index in [0.717, 1.165) is 36.8 Å². The molecule has 1 saturated carbocycles. The summed E-state index contributed by atoms with van der Waals surface area (Å²) in [6.07, 6.45) is 5.78. The molecule has 1 amide bonds. The van der Waals surface area contributed by atoms with E-state index in [1.54, 1.807) is 36.4 Å². The van der Waals surface area contributed by atoms with Gasteiger partial charge >= 0.3 is 0 Å². The second kappa shape index (κ2) is 9.39. The maximum absolute atomic E-state index is 12.3. The van der Waals surface area contributed by atoms with Crippen molar-refractivity contribution in [2.45, 2.75) is 38.3 Å². The lowest BCUT2D eigenvalue weighted by Crippen LogP contribution is -2.33. The van der Waals surface area contributed by atoms with Crippen LogP contribution in [0.25, 0.3) is 6.08 Å². The molecule has 1 aliphatic carbocycles. The minimum absolute atomic E-state index is 0.100. The number of nitrogens with zero attached hydrogens (tertiary/aromatic N) is 2. The predicted octanol–water partition coefficient (Wildman–Crippen LogP) is 4.10. The quantitative estimate of drug-likeness (QED) is 0.612. The molecule has 0 saturated heterocycles. The molecule has 2 aromatic rings. The average Bonchev–Trinajstić information content (AvgIpc) is 3.24. The van der Waals surface area contributed by atoms with Gasteiger partial charge < -0.3 is 10.1 Å². The van der Waals surface area contributed by atoms with E-state index < -0.39 is 0 Å². The minimum atomic E-state index is -0.317. The average molecular weight is 371 g/mol. The standard InChI is InChI=1S/C23H21N3O2/c24-14-18-5-1-2-6-19(18)16-28-22-11-9-17(10-12-22)13-20(15-25)23(27)26-21-7-3-4-8-21/h1-2,5-6,9-13,21H,3-4,7-8,16H2,(H,26,27)/b20-13-. The van der Waals surface area contributed by atoms with Crippen molar-refractivity contribution in [1.82, 2.24) is 5.32 Å². The van der Waals surface area contributed by atoms with Crippen molar-refractivity contribution in [1.29, 1.82) is 10.5 Å². The Balaban J connectivity index is 1.62. The first-order valence-electron chi connectivity index (χ1n) is 9.33. The Morgan fingerprint density at radius 2 is 1.82 bits per heavy atom. The molecular formula is C23H21N3O2. The summed E-state index contributed by atoms with van der Waals surface area (Å²) in [5.74, 6) is 0.335. The molecule has 2 aromatic carbocycles. The zero-order valence-electron chi connectivity index (χ0n) is 15.5. The van der Waals surface area contributed by atoms with Crippen LogP contribution in [-0.2, 0) is 11.4 Å². The Morgan fingerprint density at radius 3 is 2.50 bits per heavy atom. The summed E-state index contributed by atoms with van der Waals surface area (Å²) >= 11 is 0. The van der Waals surface area contributed by atoms with Gasteiger partial charge in [-0.3, -0.25) is 4.79 Å². The number of benzene rings is 2. The molecule has 0 aromatic heterocycles. The zero-order chi connectivity index (χ0) is 19.8. The van der Waals surface area contributed by atoms with Crippen LogP contribution in [0.3, 0.4) is 0 Å². The summed E-state index contributed by atoms with van der Waals surface area (Å²) in [5, 5.41) is 21.4. The highest BCUT2D eigenvalue weighted by Gasteiger charge is 2.19. The Bertz CT molecular complexity index is 943. The number of amides is 1. The van der Waals surface area contributed by atoms with Crippen molar-refractivity contribution in [3.8, 4) is 17.9 Å². The molecule has 0 aliphatic heterocycles. The van der Waals surface area contributed by atoms with Crippen LogP contribution in [0.4, 0.5) is 0 Å². The van der Waals surface area contributed by atoms with Crippen LogP contribution in [-0.4, -0.2) is 11.9 Å². The topological polar surface area (TPSA) is 85.9 Å². The summed E-state index contributed by atoms with van der Waals surface area (Å²) < 4.78 is 5.74. The van der Waals surface area contributed by atoms with E-state index in [-0.39, 0.29) is 17.5 Å². The van der Waals surface area contributed by atoms with E-state index in [2.05, 4.69) is 11.4 Å². The second-order valence-corrected chi connectivity index (χ2v) is 6.75. The number of carbonyl (C=O) groups excluding carboxylic acids is 1. The highest BCUT2D eigenvalue weighted by molar-refractivity contribution is 6.01. The molecule has 140 valence electrons. The van der Waals surface area contributed by atoms with Gasteiger partial charge in [0.15, 0.2) is 0 Å². The summed E-state index contributed by atoms with van der Waals surface area (Å²) in [6, 6.07) is 18.8. The zero-order valence-corrected chi connectivity index (χ0v) is 15.5. The molecule has 5 heteroatoms. The molecule has 1 aliphatic rings. The van der Waals surface area contributed by atoms with Gasteiger partial charge in [-0.05, 0) is 42.7 Å². The first-order valence-corrected chi connectivity index (χ1v) is 9.33. The maximum Gasteiger partial charge on any atom is 0.262 e. The molecule has 1 fully saturated rings. The lowest BCUT2D eigenvalue weighted by molar-refractivity contribution is -0.117. The van der Waals surface area contributed by atoms with Gasteiger partial charge in [0.25, 0.3) is 5.91 Å². The van der Waals surface area contributed by atoms with Crippen LogP contribution in [0, 0.1) is 22.7 Å². The summed E-state index contributed by atoms with van der Waals surface area (Å²) in [7, 11) is 0. The Kier molecular flexibility index (Phi) is 6.44. The van der Waals surface area contributed by atoms with Crippen molar-refractivity contribution in [3.63, 3.8) is 0 Å². The summed E-state index contributed by atoms with van der Waals surface area (Å²) in [4.78, 5) is 12.3. The molecule has 1 N–H and O–H groups in total. The van der Waals surface area contributed by atoms with E-state index in [9.17, 15) is 10.1 Å². The molecule has 0 unspecified atom stereocenters. The van der Waals surface area contributed by atoms with Crippen molar-refractivity contribution in [2.75, 3.05) is 0 Å². The van der Waals surface area contributed by atoms with Gasteiger partial charge in [-0.25, -0.2) is 0 Å². The van der Waals surface area contributed by atoms with Crippen molar-refractivity contribution in [3.05, 3.63) is 70.8 Å². The van der Waals surface area contributed by atoms with Crippen LogP contribution in [0.1, 0.15) is 42.4 Å². The molecule has 0 atom stereocenters. The van der Waals surface area contributed by atoms with Crippen molar-refractivity contribution in [2.24, 2.45) is 0 Å².